The largest absolute Gasteiger partial charge is 0.295 e. The highest BCUT2D eigenvalue weighted by atomic mass is 16.1. The first kappa shape index (κ1) is 11.5. The number of carbonyl (C=O) groups is 1. The lowest BCUT2D eigenvalue weighted by Gasteiger charge is -2.17. The van der Waals surface area contributed by atoms with E-state index in [2.05, 4.69) is 13.0 Å². The van der Waals surface area contributed by atoms with Crippen molar-refractivity contribution in [3.8, 4) is 0 Å². The zero-order chi connectivity index (χ0) is 10.2. The molecule has 1 nitrogen and oxygen atoms in total. The van der Waals surface area contributed by atoms with E-state index in [9.17, 15) is 4.79 Å². The molecule has 0 heterocycles. The van der Waals surface area contributed by atoms with E-state index in [-0.39, 0.29) is 0 Å². The van der Waals surface area contributed by atoms with Crippen LogP contribution in [0.4, 0.5) is 0 Å². The SMILES string of the molecule is CCCCC(=O)/C=C/C1CCCCC1. The van der Waals surface area contributed by atoms with Gasteiger partial charge in [0.05, 0.1) is 0 Å². The summed E-state index contributed by atoms with van der Waals surface area (Å²) in [4.78, 5) is 11.4. The Morgan fingerprint density at radius 1 is 1.29 bits per heavy atom. The summed E-state index contributed by atoms with van der Waals surface area (Å²) in [5.41, 5.74) is 0. The molecule has 0 saturated heterocycles. The summed E-state index contributed by atoms with van der Waals surface area (Å²) in [6, 6.07) is 0. The Bertz CT molecular complexity index is 187. The fourth-order valence-electron chi connectivity index (χ4n) is 2.00. The van der Waals surface area contributed by atoms with E-state index >= 15 is 0 Å². The Hall–Kier alpha value is -0.590. The van der Waals surface area contributed by atoms with Gasteiger partial charge in [0, 0.05) is 6.42 Å². The third kappa shape index (κ3) is 4.59. The van der Waals surface area contributed by atoms with Gasteiger partial charge in [-0.25, -0.2) is 0 Å². The van der Waals surface area contributed by atoms with E-state index in [4.69, 9.17) is 0 Å². The molecule has 14 heavy (non-hydrogen) atoms. The number of rotatable bonds is 5. The van der Waals surface area contributed by atoms with Crippen LogP contribution in [0.5, 0.6) is 0 Å². The molecule has 0 unspecified atom stereocenters. The van der Waals surface area contributed by atoms with Gasteiger partial charge < -0.3 is 0 Å². The van der Waals surface area contributed by atoms with Crippen molar-refractivity contribution in [1.82, 2.24) is 0 Å². The van der Waals surface area contributed by atoms with Gasteiger partial charge in [0.15, 0.2) is 5.78 Å². The maximum absolute atomic E-state index is 11.4. The van der Waals surface area contributed by atoms with Crippen LogP contribution in [0.1, 0.15) is 58.3 Å². The molecule has 0 aliphatic heterocycles. The molecule has 0 atom stereocenters. The van der Waals surface area contributed by atoms with Gasteiger partial charge in [-0.2, -0.15) is 0 Å². The van der Waals surface area contributed by atoms with Crippen LogP contribution in [0, 0.1) is 5.92 Å². The second-order valence-corrected chi connectivity index (χ2v) is 4.33. The number of carbonyl (C=O) groups excluding carboxylic acids is 1. The molecule has 0 aromatic heterocycles. The van der Waals surface area contributed by atoms with Crippen molar-refractivity contribution in [3.63, 3.8) is 0 Å². The fourth-order valence-corrected chi connectivity index (χ4v) is 2.00. The highest BCUT2D eigenvalue weighted by Crippen LogP contribution is 2.24. The summed E-state index contributed by atoms with van der Waals surface area (Å²) in [6.07, 6.45) is 13.5. The summed E-state index contributed by atoms with van der Waals surface area (Å²) in [5, 5.41) is 0. The Labute approximate surface area is 87.6 Å². The molecule has 0 amide bonds. The molecule has 0 radical (unpaired) electrons. The number of hydrogen-bond acceptors (Lipinski definition) is 1. The third-order valence-corrected chi connectivity index (χ3v) is 2.98. The molecule has 1 saturated carbocycles. The summed E-state index contributed by atoms with van der Waals surface area (Å²) in [5.74, 6) is 1.01. The molecule has 1 rings (SSSR count). The van der Waals surface area contributed by atoms with E-state index in [1.54, 1.807) is 0 Å². The normalized spacial score (nSPS) is 18.9. The molecule has 0 bridgehead atoms. The average molecular weight is 194 g/mol. The Morgan fingerprint density at radius 2 is 2.00 bits per heavy atom. The molecular formula is C13H22O. The van der Waals surface area contributed by atoms with Crippen LogP contribution >= 0.6 is 0 Å². The minimum Gasteiger partial charge on any atom is -0.295 e. The molecule has 1 aliphatic carbocycles. The predicted molar refractivity (Wildman–Crippen MR) is 60.2 cm³/mol. The second-order valence-electron chi connectivity index (χ2n) is 4.33. The minimum absolute atomic E-state index is 0.317. The van der Waals surface area contributed by atoms with E-state index in [1.807, 2.05) is 6.08 Å². The van der Waals surface area contributed by atoms with Gasteiger partial charge in [-0.3, -0.25) is 4.79 Å². The molecule has 1 fully saturated rings. The van der Waals surface area contributed by atoms with Crippen molar-refractivity contribution in [2.45, 2.75) is 58.3 Å². The van der Waals surface area contributed by atoms with Crippen LogP contribution in [0.2, 0.25) is 0 Å². The number of ketones is 1. The van der Waals surface area contributed by atoms with Crippen LogP contribution in [-0.4, -0.2) is 5.78 Å². The maximum atomic E-state index is 11.4. The molecule has 1 aliphatic rings. The van der Waals surface area contributed by atoms with Crippen molar-refractivity contribution in [1.29, 1.82) is 0 Å². The third-order valence-electron chi connectivity index (χ3n) is 2.98. The number of unbranched alkanes of at least 4 members (excludes halogenated alkanes) is 1. The van der Waals surface area contributed by atoms with Gasteiger partial charge >= 0.3 is 0 Å². The number of allylic oxidation sites excluding steroid dienone is 2. The monoisotopic (exact) mass is 194 g/mol. The molecular weight excluding hydrogens is 172 g/mol. The van der Waals surface area contributed by atoms with Crippen molar-refractivity contribution in [2.75, 3.05) is 0 Å². The summed E-state index contributed by atoms with van der Waals surface area (Å²) in [6.45, 7) is 2.12. The van der Waals surface area contributed by atoms with E-state index in [0.717, 1.165) is 19.3 Å². The molecule has 0 N–H and O–H groups in total. The molecule has 80 valence electrons. The zero-order valence-electron chi connectivity index (χ0n) is 9.30. The van der Waals surface area contributed by atoms with Crippen LogP contribution in [-0.2, 0) is 4.79 Å². The van der Waals surface area contributed by atoms with Gasteiger partial charge in [0.1, 0.15) is 0 Å². The fraction of sp³-hybridized carbons (Fsp3) is 0.769. The van der Waals surface area contributed by atoms with Crippen LogP contribution in [0.15, 0.2) is 12.2 Å². The Kier molecular flexibility index (Phi) is 5.58. The van der Waals surface area contributed by atoms with Crippen LogP contribution < -0.4 is 0 Å². The lowest BCUT2D eigenvalue weighted by Crippen LogP contribution is -2.03. The first-order valence-corrected chi connectivity index (χ1v) is 6.04. The molecule has 0 aromatic rings. The second kappa shape index (κ2) is 6.80. The maximum Gasteiger partial charge on any atom is 0.155 e. The van der Waals surface area contributed by atoms with Crippen molar-refractivity contribution in [3.05, 3.63) is 12.2 Å². The predicted octanol–water partition coefficient (Wildman–Crippen LogP) is 3.88. The average Bonchev–Trinajstić information content (AvgIpc) is 2.25. The van der Waals surface area contributed by atoms with Gasteiger partial charge in [-0.1, -0.05) is 38.7 Å². The Morgan fingerprint density at radius 3 is 2.64 bits per heavy atom. The Balaban J connectivity index is 2.20. The van der Waals surface area contributed by atoms with E-state index in [0.29, 0.717) is 11.7 Å². The first-order valence-electron chi connectivity index (χ1n) is 6.04. The van der Waals surface area contributed by atoms with Crippen molar-refractivity contribution in [2.24, 2.45) is 5.92 Å². The summed E-state index contributed by atoms with van der Waals surface area (Å²) in [7, 11) is 0. The quantitative estimate of drug-likeness (QED) is 0.607. The number of hydrogen-bond donors (Lipinski definition) is 0. The van der Waals surface area contributed by atoms with Crippen LogP contribution in [0.3, 0.4) is 0 Å². The van der Waals surface area contributed by atoms with Gasteiger partial charge in [0.2, 0.25) is 0 Å². The highest BCUT2D eigenvalue weighted by Gasteiger charge is 2.09. The summed E-state index contributed by atoms with van der Waals surface area (Å²) >= 11 is 0. The zero-order valence-corrected chi connectivity index (χ0v) is 9.30. The van der Waals surface area contributed by atoms with Gasteiger partial charge in [-0.05, 0) is 31.3 Å². The smallest absolute Gasteiger partial charge is 0.155 e. The molecule has 1 heteroatoms. The molecule has 0 spiro atoms. The van der Waals surface area contributed by atoms with Crippen molar-refractivity contribution < 1.29 is 4.79 Å². The molecule has 0 aromatic carbocycles. The van der Waals surface area contributed by atoms with E-state index in [1.165, 1.54) is 32.1 Å². The lowest BCUT2D eigenvalue weighted by atomic mass is 9.89. The lowest BCUT2D eigenvalue weighted by molar-refractivity contribution is -0.114. The first-order chi connectivity index (χ1) is 6.83. The summed E-state index contributed by atoms with van der Waals surface area (Å²) < 4.78 is 0. The standard InChI is InChI=1S/C13H22O/c1-2-3-9-13(14)11-10-12-7-5-4-6-8-12/h10-12H,2-9H2,1H3/b11-10+. The highest BCUT2D eigenvalue weighted by molar-refractivity contribution is 5.89. The van der Waals surface area contributed by atoms with Gasteiger partial charge in [-0.15, -0.1) is 0 Å². The van der Waals surface area contributed by atoms with Gasteiger partial charge in [0.25, 0.3) is 0 Å². The minimum atomic E-state index is 0.317. The van der Waals surface area contributed by atoms with Crippen LogP contribution in [0.25, 0.3) is 0 Å². The van der Waals surface area contributed by atoms with E-state index < -0.39 is 0 Å². The topological polar surface area (TPSA) is 17.1 Å². The van der Waals surface area contributed by atoms with Crippen molar-refractivity contribution >= 4 is 5.78 Å².